The number of halogens is 3. The van der Waals surface area contributed by atoms with E-state index in [-0.39, 0.29) is 22.9 Å². The third-order valence-electron chi connectivity index (χ3n) is 8.50. The summed E-state index contributed by atoms with van der Waals surface area (Å²) in [5, 5.41) is 2.70. The smallest absolute Gasteiger partial charge is 0.405 e. The Morgan fingerprint density at radius 3 is 2.38 bits per heavy atom. The SMILES string of the molecule is Cc1cc(-c2ccc(-c3cnc(C4CC(C)CN4S)[nH]3)cc2)c(OC(F)(F)F)cc1NC(=O)c1ccc(N2CCN(C=O)CC2)nc1. The molecule has 2 aromatic carbocycles. The number of amides is 2. The molecule has 14 heteroatoms. The second-order valence-corrected chi connectivity index (χ2v) is 12.5. The Labute approximate surface area is 275 Å². The average molecular weight is 666 g/mol. The molecule has 2 amide bonds. The van der Waals surface area contributed by atoms with Crippen molar-refractivity contribution in [1.82, 2.24) is 24.2 Å². The number of imidazole rings is 1. The summed E-state index contributed by atoms with van der Waals surface area (Å²) in [5.41, 5.74) is 3.31. The van der Waals surface area contributed by atoms with Gasteiger partial charge in [-0.3, -0.25) is 9.59 Å². The number of nitrogens with zero attached hydrogens (tertiary/aromatic N) is 5. The largest absolute Gasteiger partial charge is 0.573 e. The third-order valence-corrected chi connectivity index (χ3v) is 8.94. The summed E-state index contributed by atoms with van der Waals surface area (Å²) in [5.74, 6) is 1.02. The van der Waals surface area contributed by atoms with Crippen LogP contribution in [0.2, 0.25) is 0 Å². The van der Waals surface area contributed by atoms with Gasteiger partial charge in [-0.1, -0.05) is 44.0 Å². The molecule has 2 unspecified atom stereocenters. The number of piperazine rings is 1. The lowest BCUT2D eigenvalue weighted by Gasteiger charge is -2.33. The van der Waals surface area contributed by atoms with Gasteiger partial charge >= 0.3 is 6.36 Å². The number of H-pyrrole nitrogens is 1. The normalized spacial score (nSPS) is 18.8. The summed E-state index contributed by atoms with van der Waals surface area (Å²) < 4.78 is 47.0. The Morgan fingerprint density at radius 1 is 1.04 bits per heavy atom. The van der Waals surface area contributed by atoms with Crippen LogP contribution in [0.15, 0.2) is 60.9 Å². The Hall–Kier alpha value is -4.56. The first-order valence-electron chi connectivity index (χ1n) is 15.2. The monoisotopic (exact) mass is 665 g/mol. The van der Waals surface area contributed by atoms with Crippen molar-refractivity contribution in [2.24, 2.45) is 5.92 Å². The summed E-state index contributed by atoms with van der Waals surface area (Å²) in [6.45, 7) is 7.13. The Morgan fingerprint density at radius 2 is 1.77 bits per heavy atom. The van der Waals surface area contributed by atoms with Crippen molar-refractivity contribution in [2.45, 2.75) is 32.7 Å². The zero-order valence-electron chi connectivity index (χ0n) is 25.8. The number of ether oxygens (including phenoxy) is 1. The van der Waals surface area contributed by atoms with E-state index in [4.69, 9.17) is 0 Å². The highest BCUT2D eigenvalue weighted by Crippen LogP contribution is 2.39. The van der Waals surface area contributed by atoms with E-state index in [2.05, 4.69) is 44.7 Å². The Kier molecular flexibility index (Phi) is 9.15. The highest BCUT2D eigenvalue weighted by molar-refractivity contribution is 7.77. The van der Waals surface area contributed by atoms with Crippen molar-refractivity contribution in [1.29, 1.82) is 0 Å². The minimum atomic E-state index is -4.95. The topological polar surface area (TPSA) is 107 Å². The maximum atomic E-state index is 13.5. The fourth-order valence-corrected chi connectivity index (χ4v) is 6.46. The number of benzene rings is 2. The number of carbonyl (C=O) groups is 2. The molecule has 6 rings (SSSR count). The van der Waals surface area contributed by atoms with Crippen LogP contribution in [-0.4, -0.2) is 75.6 Å². The first kappa shape index (κ1) is 32.4. The molecule has 47 heavy (non-hydrogen) atoms. The molecule has 2 aliphatic rings. The Balaban J connectivity index is 1.20. The molecule has 4 aromatic rings. The number of alkyl halides is 3. The van der Waals surface area contributed by atoms with Gasteiger partial charge in [0.25, 0.3) is 5.91 Å². The van der Waals surface area contributed by atoms with Gasteiger partial charge in [0.2, 0.25) is 6.41 Å². The van der Waals surface area contributed by atoms with Crippen LogP contribution >= 0.6 is 12.8 Å². The molecule has 2 saturated heterocycles. The standard InChI is InChI=1S/C33H34F3N7O3S/c1-20-13-28(43(47)18-20)31-38-17-27(39-31)23-5-3-22(4-6-23)25-14-21(2)26(15-29(25)46-33(34,35)36)40-32(45)24-7-8-30(37-16-24)42-11-9-41(19-44)10-12-42/h3-8,14-17,19-20,28,47H,9-13,18H2,1-2H3,(H,38,39)(H,40,45). The molecule has 2 N–H and O–H groups in total. The quantitative estimate of drug-likeness (QED) is 0.154. The molecule has 4 heterocycles. The number of aromatic nitrogens is 3. The van der Waals surface area contributed by atoms with E-state index in [1.54, 1.807) is 48.4 Å². The maximum absolute atomic E-state index is 13.5. The van der Waals surface area contributed by atoms with Crippen LogP contribution in [0.4, 0.5) is 24.7 Å². The van der Waals surface area contributed by atoms with Crippen molar-refractivity contribution >= 4 is 36.6 Å². The highest BCUT2D eigenvalue weighted by atomic mass is 32.1. The number of anilines is 2. The van der Waals surface area contributed by atoms with Gasteiger partial charge in [0.15, 0.2) is 0 Å². The number of rotatable bonds is 8. The van der Waals surface area contributed by atoms with E-state index in [9.17, 15) is 22.8 Å². The fourth-order valence-electron chi connectivity index (χ4n) is 5.97. The third kappa shape index (κ3) is 7.38. The van der Waals surface area contributed by atoms with E-state index in [1.807, 2.05) is 21.3 Å². The van der Waals surface area contributed by atoms with Crippen LogP contribution in [0.3, 0.4) is 0 Å². The number of aromatic amines is 1. The second kappa shape index (κ2) is 13.3. The lowest BCUT2D eigenvalue weighted by Crippen LogP contribution is -2.46. The van der Waals surface area contributed by atoms with Gasteiger partial charge in [-0.25, -0.2) is 14.3 Å². The lowest BCUT2D eigenvalue weighted by atomic mass is 9.99. The molecular weight excluding hydrogens is 631 g/mol. The molecule has 0 radical (unpaired) electrons. The molecule has 0 spiro atoms. The minimum Gasteiger partial charge on any atom is -0.405 e. The van der Waals surface area contributed by atoms with Crippen LogP contribution in [0, 0.1) is 12.8 Å². The summed E-state index contributed by atoms with van der Waals surface area (Å²) in [6.07, 6.45) is -0.0289. The minimum absolute atomic E-state index is 0.0810. The molecule has 2 aromatic heterocycles. The van der Waals surface area contributed by atoms with Gasteiger partial charge < -0.3 is 24.8 Å². The van der Waals surface area contributed by atoms with Crippen molar-refractivity contribution < 1.29 is 27.5 Å². The fraction of sp³-hybridized carbons (Fsp3) is 0.333. The van der Waals surface area contributed by atoms with Gasteiger partial charge in [0, 0.05) is 56.2 Å². The van der Waals surface area contributed by atoms with Gasteiger partial charge in [0.05, 0.1) is 23.5 Å². The molecule has 246 valence electrons. The van der Waals surface area contributed by atoms with Crippen LogP contribution in [0.25, 0.3) is 22.4 Å². The van der Waals surface area contributed by atoms with Crippen LogP contribution in [-0.2, 0) is 4.79 Å². The molecule has 2 aliphatic heterocycles. The number of carbonyl (C=O) groups excluding carboxylic acids is 2. The molecule has 2 fully saturated rings. The first-order chi connectivity index (χ1) is 22.5. The average Bonchev–Trinajstić information content (AvgIpc) is 3.67. The maximum Gasteiger partial charge on any atom is 0.573 e. The van der Waals surface area contributed by atoms with E-state index in [0.717, 1.165) is 36.5 Å². The number of hydrogen-bond acceptors (Lipinski definition) is 8. The summed E-state index contributed by atoms with van der Waals surface area (Å²) in [6, 6.07) is 13.2. The van der Waals surface area contributed by atoms with E-state index in [0.29, 0.717) is 49.0 Å². The van der Waals surface area contributed by atoms with Crippen LogP contribution in [0.1, 0.15) is 41.1 Å². The number of aryl methyl sites for hydroxylation is 1. The van der Waals surface area contributed by atoms with E-state index >= 15 is 0 Å². The van der Waals surface area contributed by atoms with Crippen LogP contribution in [0.5, 0.6) is 5.75 Å². The highest BCUT2D eigenvalue weighted by Gasteiger charge is 2.33. The number of pyridine rings is 1. The lowest BCUT2D eigenvalue weighted by molar-refractivity contribution is -0.274. The van der Waals surface area contributed by atoms with Gasteiger partial charge in [0.1, 0.15) is 17.4 Å². The molecule has 2 atom stereocenters. The predicted molar refractivity (Wildman–Crippen MR) is 175 cm³/mol. The molecule has 10 nitrogen and oxygen atoms in total. The number of thiol groups is 1. The summed E-state index contributed by atoms with van der Waals surface area (Å²) in [7, 11) is 0. The van der Waals surface area contributed by atoms with Gasteiger partial charge in [-0.05, 0) is 54.2 Å². The van der Waals surface area contributed by atoms with Crippen molar-refractivity contribution in [3.63, 3.8) is 0 Å². The van der Waals surface area contributed by atoms with Gasteiger partial charge in [-0.2, -0.15) is 0 Å². The number of nitrogens with one attached hydrogen (secondary N) is 2. The first-order valence-corrected chi connectivity index (χ1v) is 15.6. The Bertz CT molecular complexity index is 1740. The van der Waals surface area contributed by atoms with E-state index < -0.39 is 18.0 Å². The molecular formula is C33H34F3N7O3S. The summed E-state index contributed by atoms with van der Waals surface area (Å²) >= 11 is 4.57. The van der Waals surface area contributed by atoms with Crippen molar-refractivity contribution in [3.05, 3.63) is 77.9 Å². The van der Waals surface area contributed by atoms with Crippen LogP contribution < -0.4 is 15.0 Å². The zero-order valence-corrected chi connectivity index (χ0v) is 26.7. The predicted octanol–water partition coefficient (Wildman–Crippen LogP) is 6.10. The number of hydrogen-bond donors (Lipinski definition) is 3. The summed E-state index contributed by atoms with van der Waals surface area (Å²) in [4.78, 5) is 40.0. The second-order valence-electron chi connectivity index (χ2n) is 11.9. The molecule has 0 bridgehead atoms. The molecule has 0 aliphatic carbocycles. The van der Waals surface area contributed by atoms with Crippen molar-refractivity contribution in [3.8, 4) is 28.1 Å². The zero-order chi connectivity index (χ0) is 33.3. The van der Waals surface area contributed by atoms with Gasteiger partial charge in [-0.15, -0.1) is 13.2 Å². The van der Waals surface area contributed by atoms with Crippen molar-refractivity contribution in [2.75, 3.05) is 42.9 Å². The molecule has 0 saturated carbocycles. The van der Waals surface area contributed by atoms with E-state index in [1.165, 1.54) is 12.3 Å².